The number of carbonyl (C=O) groups is 2. The molecule has 0 spiro atoms. The summed E-state index contributed by atoms with van der Waals surface area (Å²) in [5.41, 5.74) is 1.51. The fourth-order valence-electron chi connectivity index (χ4n) is 3.62. The summed E-state index contributed by atoms with van der Waals surface area (Å²) in [5.74, 6) is -0.895. The average Bonchev–Trinajstić information content (AvgIpc) is 2.86. The van der Waals surface area contributed by atoms with Crippen molar-refractivity contribution in [1.82, 2.24) is 14.9 Å². The van der Waals surface area contributed by atoms with Crippen molar-refractivity contribution >= 4 is 21.8 Å². The minimum Gasteiger partial charge on any atom is -0.379 e. The number of sulfonamides is 1. The molecule has 0 aromatic heterocycles. The molecule has 0 aliphatic heterocycles. The first-order valence-corrected chi connectivity index (χ1v) is 14.0. The number of benzene rings is 2. The number of halogens is 1. The number of nitrogens with one attached hydrogen (secondary N) is 2. The van der Waals surface area contributed by atoms with Crippen molar-refractivity contribution in [1.29, 1.82) is 0 Å². The molecule has 2 N–H and O–H groups in total. The molecule has 0 heterocycles. The molecule has 0 bridgehead atoms. The van der Waals surface area contributed by atoms with Gasteiger partial charge >= 0.3 is 0 Å². The second-order valence-electron chi connectivity index (χ2n) is 9.03. The summed E-state index contributed by atoms with van der Waals surface area (Å²) in [7, 11) is -3.55. The molecule has 2 amide bonds. The summed E-state index contributed by atoms with van der Waals surface area (Å²) in [6.07, 6.45) is 1.27. The molecule has 0 radical (unpaired) electrons. The Balaban J connectivity index is 2.06. The Bertz CT molecular complexity index is 1110. The van der Waals surface area contributed by atoms with Crippen molar-refractivity contribution < 1.29 is 27.1 Å². The Labute approximate surface area is 219 Å². The Morgan fingerprint density at radius 2 is 1.62 bits per heavy atom. The number of hydrogen-bond acceptors (Lipinski definition) is 5. The van der Waals surface area contributed by atoms with Gasteiger partial charge in [0.1, 0.15) is 11.9 Å². The third-order valence-corrected chi connectivity index (χ3v) is 7.26. The molecule has 37 heavy (non-hydrogen) atoms. The van der Waals surface area contributed by atoms with Crippen molar-refractivity contribution in [2.24, 2.45) is 0 Å². The van der Waals surface area contributed by atoms with Crippen LogP contribution >= 0.6 is 0 Å². The van der Waals surface area contributed by atoms with Gasteiger partial charge in [-0.15, -0.1) is 0 Å². The predicted molar refractivity (Wildman–Crippen MR) is 141 cm³/mol. The van der Waals surface area contributed by atoms with Gasteiger partial charge in [-0.05, 0) is 69.0 Å². The fourth-order valence-corrected chi connectivity index (χ4v) is 4.66. The molecular formula is C27H38FN3O5S. The molecule has 0 aliphatic rings. The van der Waals surface area contributed by atoms with E-state index < -0.39 is 16.1 Å². The van der Waals surface area contributed by atoms with Crippen LogP contribution in [0.5, 0.6) is 0 Å². The number of rotatable bonds is 15. The van der Waals surface area contributed by atoms with Gasteiger partial charge < -0.3 is 15.0 Å². The first-order chi connectivity index (χ1) is 17.5. The highest BCUT2D eigenvalue weighted by molar-refractivity contribution is 7.89. The molecular weight excluding hydrogens is 497 g/mol. The quantitative estimate of drug-likeness (QED) is 0.340. The molecule has 0 saturated heterocycles. The van der Waals surface area contributed by atoms with Crippen LogP contribution in [0, 0.1) is 5.82 Å². The van der Waals surface area contributed by atoms with Crippen LogP contribution in [0.4, 0.5) is 4.39 Å². The van der Waals surface area contributed by atoms with Crippen LogP contribution in [0.15, 0.2) is 53.4 Å². The van der Waals surface area contributed by atoms with Gasteiger partial charge in [-0.2, -0.15) is 0 Å². The molecule has 0 aliphatic carbocycles. The second-order valence-corrected chi connectivity index (χ2v) is 10.8. The van der Waals surface area contributed by atoms with E-state index in [-0.39, 0.29) is 41.6 Å². The summed E-state index contributed by atoms with van der Waals surface area (Å²) >= 11 is 0. The number of hydrogen-bond donors (Lipinski definition) is 2. The fraction of sp³-hybridized carbons (Fsp3) is 0.481. The summed E-state index contributed by atoms with van der Waals surface area (Å²) in [5, 5.41) is 2.86. The third-order valence-electron chi connectivity index (χ3n) is 5.70. The monoisotopic (exact) mass is 535 g/mol. The molecule has 0 fully saturated rings. The lowest BCUT2D eigenvalue weighted by Gasteiger charge is -2.29. The average molecular weight is 536 g/mol. The van der Waals surface area contributed by atoms with Gasteiger partial charge in [0.05, 0.1) is 11.0 Å². The standard InChI is InChI=1S/C27H38FN3O5S/c1-5-30-37(34,35)25-14-9-22(10-15-25)11-16-26(32)31(19-23-7-12-24(28)13-8-23)21(4)27(33)29-17-6-18-36-20(2)3/h7-10,12-15,20-21,30H,5-6,11,16-19H2,1-4H3,(H,29,33)/t21-/m0/s1. The maximum absolute atomic E-state index is 13.4. The van der Waals surface area contributed by atoms with E-state index in [4.69, 9.17) is 4.74 Å². The number of carbonyl (C=O) groups excluding carboxylic acids is 2. The highest BCUT2D eigenvalue weighted by Gasteiger charge is 2.26. The Kier molecular flexibility index (Phi) is 12.2. The lowest BCUT2D eigenvalue weighted by Crippen LogP contribution is -2.48. The van der Waals surface area contributed by atoms with Crippen molar-refractivity contribution in [2.45, 2.75) is 70.5 Å². The topological polar surface area (TPSA) is 105 Å². The first kappa shape index (κ1) is 30.4. The molecule has 8 nitrogen and oxygen atoms in total. The van der Waals surface area contributed by atoms with Crippen molar-refractivity contribution in [3.8, 4) is 0 Å². The lowest BCUT2D eigenvalue weighted by atomic mass is 10.1. The smallest absolute Gasteiger partial charge is 0.242 e. The Morgan fingerprint density at radius 3 is 2.22 bits per heavy atom. The van der Waals surface area contributed by atoms with E-state index in [0.29, 0.717) is 38.1 Å². The highest BCUT2D eigenvalue weighted by atomic mass is 32.2. The van der Waals surface area contributed by atoms with E-state index in [1.54, 1.807) is 38.1 Å². The van der Waals surface area contributed by atoms with Gasteiger partial charge in [0.15, 0.2) is 0 Å². The minimum absolute atomic E-state index is 0.118. The molecule has 0 unspecified atom stereocenters. The zero-order chi connectivity index (χ0) is 27.4. The van der Waals surface area contributed by atoms with Crippen molar-refractivity contribution in [2.75, 3.05) is 19.7 Å². The van der Waals surface area contributed by atoms with Gasteiger partial charge in [0.2, 0.25) is 21.8 Å². The van der Waals surface area contributed by atoms with Crippen LogP contribution in [0.1, 0.15) is 51.7 Å². The van der Waals surface area contributed by atoms with Crippen LogP contribution < -0.4 is 10.0 Å². The Morgan fingerprint density at radius 1 is 1.00 bits per heavy atom. The van der Waals surface area contributed by atoms with E-state index in [1.807, 2.05) is 13.8 Å². The van der Waals surface area contributed by atoms with Crippen LogP contribution in [-0.2, 0) is 37.3 Å². The summed E-state index contributed by atoms with van der Waals surface area (Å²) < 4.78 is 45.6. The molecule has 2 aromatic carbocycles. The van der Waals surface area contributed by atoms with Crippen LogP contribution in [-0.4, -0.2) is 57.0 Å². The summed E-state index contributed by atoms with van der Waals surface area (Å²) in [6, 6.07) is 11.5. The number of aryl methyl sites for hydroxylation is 1. The maximum Gasteiger partial charge on any atom is 0.242 e. The predicted octanol–water partition coefficient (Wildman–Crippen LogP) is 3.41. The van der Waals surface area contributed by atoms with Crippen LogP contribution in [0.2, 0.25) is 0 Å². The van der Waals surface area contributed by atoms with E-state index >= 15 is 0 Å². The van der Waals surface area contributed by atoms with Gasteiger partial charge in [-0.1, -0.05) is 31.2 Å². The van der Waals surface area contributed by atoms with E-state index in [9.17, 15) is 22.4 Å². The molecule has 2 aromatic rings. The highest BCUT2D eigenvalue weighted by Crippen LogP contribution is 2.15. The van der Waals surface area contributed by atoms with Gasteiger partial charge in [0, 0.05) is 32.7 Å². The largest absolute Gasteiger partial charge is 0.379 e. The molecule has 1 atom stereocenters. The lowest BCUT2D eigenvalue weighted by molar-refractivity contribution is -0.140. The van der Waals surface area contributed by atoms with Gasteiger partial charge in [-0.3, -0.25) is 9.59 Å². The van der Waals surface area contributed by atoms with E-state index in [0.717, 1.165) is 5.56 Å². The van der Waals surface area contributed by atoms with Crippen LogP contribution in [0.25, 0.3) is 0 Å². The normalized spacial score (nSPS) is 12.4. The van der Waals surface area contributed by atoms with Gasteiger partial charge in [0.25, 0.3) is 0 Å². The zero-order valence-electron chi connectivity index (χ0n) is 22.0. The SMILES string of the molecule is CCNS(=O)(=O)c1ccc(CCC(=O)N(Cc2ccc(F)cc2)[C@@H](C)C(=O)NCCCOC(C)C)cc1. The molecule has 0 saturated carbocycles. The van der Waals surface area contributed by atoms with E-state index in [2.05, 4.69) is 10.0 Å². The zero-order valence-corrected chi connectivity index (χ0v) is 22.8. The maximum atomic E-state index is 13.4. The first-order valence-electron chi connectivity index (χ1n) is 12.5. The van der Waals surface area contributed by atoms with E-state index in [1.165, 1.54) is 29.2 Å². The molecule has 204 valence electrons. The number of nitrogens with zero attached hydrogens (tertiary/aromatic N) is 1. The number of ether oxygens (including phenoxy) is 1. The number of amides is 2. The van der Waals surface area contributed by atoms with Crippen LogP contribution in [0.3, 0.4) is 0 Å². The summed E-state index contributed by atoms with van der Waals surface area (Å²) in [6.45, 7) is 8.67. The Hall–Kier alpha value is -2.82. The minimum atomic E-state index is -3.55. The third kappa shape index (κ3) is 10.2. The molecule has 10 heteroatoms. The summed E-state index contributed by atoms with van der Waals surface area (Å²) in [4.78, 5) is 27.7. The second kappa shape index (κ2) is 14.8. The van der Waals surface area contributed by atoms with Crippen molar-refractivity contribution in [3.63, 3.8) is 0 Å². The van der Waals surface area contributed by atoms with Crippen molar-refractivity contribution in [3.05, 3.63) is 65.5 Å². The van der Waals surface area contributed by atoms with Gasteiger partial charge in [-0.25, -0.2) is 17.5 Å². The molecule has 2 rings (SSSR count).